The molecule has 1 amide bonds. The third-order valence-electron chi connectivity index (χ3n) is 2.04. The van der Waals surface area contributed by atoms with Crippen LogP contribution >= 0.6 is 0 Å². The molecule has 0 fully saturated rings. The molecule has 19 heavy (non-hydrogen) atoms. The predicted molar refractivity (Wildman–Crippen MR) is 72.2 cm³/mol. The zero-order chi connectivity index (χ0) is 13.9. The first-order chi connectivity index (χ1) is 9.27. The minimum Gasteiger partial charge on any atom is -0.481 e. The van der Waals surface area contributed by atoms with Gasteiger partial charge >= 0.3 is 0 Å². The highest BCUT2D eigenvalue weighted by atomic mass is 16.5. The number of nitrogens with zero attached hydrogens (tertiary/aromatic N) is 2. The van der Waals surface area contributed by atoms with Crippen LogP contribution in [-0.4, -0.2) is 18.9 Å². The van der Waals surface area contributed by atoms with Crippen LogP contribution < -0.4 is 5.32 Å². The molecule has 0 aromatic heterocycles. The number of amides is 1. The maximum Gasteiger partial charge on any atom is 0.255 e. The molecule has 0 aliphatic carbocycles. The standard InChI is InChI=1S/C14H13N3O2/c1-19-13(8-5-9-15)16-10-11-17-14(18)12-6-3-2-4-7-12/h2-8,10-11H,1H3,(H,17,18)/b8-5+,11-10-,16-13+. The van der Waals surface area contributed by atoms with Gasteiger partial charge in [-0.3, -0.25) is 4.79 Å². The molecule has 0 aliphatic rings. The van der Waals surface area contributed by atoms with Gasteiger partial charge in [-0.2, -0.15) is 5.26 Å². The summed E-state index contributed by atoms with van der Waals surface area (Å²) in [5.74, 6) is 0.0466. The lowest BCUT2D eigenvalue weighted by atomic mass is 10.2. The van der Waals surface area contributed by atoms with E-state index in [0.717, 1.165) is 0 Å². The van der Waals surface area contributed by atoms with Crippen LogP contribution in [0.3, 0.4) is 0 Å². The van der Waals surface area contributed by atoms with Crippen molar-refractivity contribution < 1.29 is 9.53 Å². The highest BCUT2D eigenvalue weighted by Gasteiger charge is 2.00. The Balaban J connectivity index is 2.55. The highest BCUT2D eigenvalue weighted by molar-refractivity contribution is 5.94. The van der Waals surface area contributed by atoms with Gasteiger partial charge in [0.05, 0.1) is 13.2 Å². The van der Waals surface area contributed by atoms with Gasteiger partial charge in [-0.1, -0.05) is 18.2 Å². The van der Waals surface area contributed by atoms with Crippen LogP contribution in [0.15, 0.2) is 59.9 Å². The number of carbonyl (C=O) groups excluding carboxylic acids is 1. The molecular formula is C14H13N3O2. The number of nitriles is 1. The van der Waals surface area contributed by atoms with E-state index in [4.69, 9.17) is 10.00 Å². The highest BCUT2D eigenvalue weighted by Crippen LogP contribution is 1.97. The van der Waals surface area contributed by atoms with Gasteiger partial charge in [0, 0.05) is 30.1 Å². The minimum atomic E-state index is -0.224. The van der Waals surface area contributed by atoms with Crippen LogP contribution in [0.5, 0.6) is 0 Å². The lowest BCUT2D eigenvalue weighted by Gasteiger charge is -1.98. The molecule has 0 atom stereocenters. The number of aliphatic imine (C=N–C) groups is 1. The summed E-state index contributed by atoms with van der Waals surface area (Å²) in [7, 11) is 1.44. The first kappa shape index (κ1) is 14.2. The van der Waals surface area contributed by atoms with Crippen molar-refractivity contribution in [3.8, 4) is 6.07 Å². The number of rotatable bonds is 4. The topological polar surface area (TPSA) is 74.5 Å². The number of methoxy groups -OCH3 is 1. The number of benzene rings is 1. The molecule has 0 saturated carbocycles. The van der Waals surface area contributed by atoms with E-state index in [2.05, 4.69) is 10.3 Å². The van der Waals surface area contributed by atoms with Crippen LogP contribution in [0.25, 0.3) is 0 Å². The summed E-state index contributed by atoms with van der Waals surface area (Å²) in [5.41, 5.74) is 0.562. The maximum absolute atomic E-state index is 11.6. The molecule has 0 unspecified atom stereocenters. The Morgan fingerprint density at radius 3 is 2.79 bits per heavy atom. The van der Waals surface area contributed by atoms with Crippen LogP contribution in [0, 0.1) is 11.3 Å². The monoisotopic (exact) mass is 255 g/mol. The Morgan fingerprint density at radius 2 is 2.16 bits per heavy atom. The van der Waals surface area contributed by atoms with Gasteiger partial charge < -0.3 is 10.1 Å². The summed E-state index contributed by atoms with van der Waals surface area (Å²) in [6, 6.07) is 10.7. The van der Waals surface area contributed by atoms with Crippen LogP contribution in [0.2, 0.25) is 0 Å². The quantitative estimate of drug-likeness (QED) is 0.508. The Hall–Kier alpha value is -2.87. The second-order valence-electron chi connectivity index (χ2n) is 3.29. The van der Waals surface area contributed by atoms with E-state index >= 15 is 0 Å². The van der Waals surface area contributed by atoms with Crippen LogP contribution in [0.4, 0.5) is 0 Å². The van der Waals surface area contributed by atoms with Crippen molar-refractivity contribution >= 4 is 11.8 Å². The van der Waals surface area contributed by atoms with Gasteiger partial charge in [-0.15, -0.1) is 0 Å². The van der Waals surface area contributed by atoms with Crippen molar-refractivity contribution in [1.82, 2.24) is 5.32 Å². The molecule has 0 aliphatic heterocycles. The minimum absolute atomic E-state index is 0.224. The maximum atomic E-state index is 11.6. The van der Waals surface area contributed by atoms with Crippen molar-refractivity contribution in [2.45, 2.75) is 0 Å². The first-order valence-electron chi connectivity index (χ1n) is 5.47. The number of nitrogens with one attached hydrogen (secondary N) is 1. The summed E-state index contributed by atoms with van der Waals surface area (Å²) in [6.07, 6.45) is 5.44. The van der Waals surface area contributed by atoms with Crippen molar-refractivity contribution in [3.05, 3.63) is 60.4 Å². The molecule has 5 heteroatoms. The SMILES string of the molecule is COC(/C=C/C#N)=N/C=C\NC(=O)c1ccccc1. The van der Waals surface area contributed by atoms with E-state index in [9.17, 15) is 4.79 Å². The Labute approximate surface area is 111 Å². The van der Waals surface area contributed by atoms with Crippen molar-refractivity contribution in [2.24, 2.45) is 4.99 Å². The molecule has 0 heterocycles. The second kappa shape index (κ2) is 8.25. The number of hydrogen-bond donors (Lipinski definition) is 1. The lowest BCUT2D eigenvalue weighted by molar-refractivity contribution is 0.0970. The third-order valence-corrected chi connectivity index (χ3v) is 2.04. The number of ether oxygens (including phenoxy) is 1. The zero-order valence-electron chi connectivity index (χ0n) is 10.4. The molecule has 0 bridgehead atoms. The predicted octanol–water partition coefficient (Wildman–Crippen LogP) is 2.01. The molecule has 1 N–H and O–H groups in total. The van der Waals surface area contributed by atoms with Crippen LogP contribution in [0.1, 0.15) is 10.4 Å². The molecule has 1 rings (SSSR count). The van der Waals surface area contributed by atoms with Gasteiger partial charge in [0.2, 0.25) is 5.90 Å². The van der Waals surface area contributed by atoms with E-state index < -0.39 is 0 Å². The van der Waals surface area contributed by atoms with Crippen molar-refractivity contribution in [3.63, 3.8) is 0 Å². The largest absolute Gasteiger partial charge is 0.481 e. The smallest absolute Gasteiger partial charge is 0.255 e. The van der Waals surface area contributed by atoms with Gasteiger partial charge in [0.25, 0.3) is 5.91 Å². The van der Waals surface area contributed by atoms with Gasteiger partial charge in [0.1, 0.15) is 0 Å². The molecule has 1 aromatic carbocycles. The number of allylic oxidation sites excluding steroid dienone is 1. The number of hydrogen-bond acceptors (Lipinski definition) is 4. The molecule has 5 nitrogen and oxygen atoms in total. The molecule has 96 valence electrons. The summed E-state index contributed by atoms with van der Waals surface area (Å²) in [6.45, 7) is 0. The second-order valence-corrected chi connectivity index (χ2v) is 3.29. The van der Waals surface area contributed by atoms with Gasteiger partial charge in [-0.25, -0.2) is 4.99 Å². The van der Waals surface area contributed by atoms with Gasteiger partial charge in [0.15, 0.2) is 0 Å². The third kappa shape index (κ3) is 5.33. The molecular weight excluding hydrogens is 242 g/mol. The Kier molecular flexibility index (Phi) is 6.17. The summed E-state index contributed by atoms with van der Waals surface area (Å²) in [4.78, 5) is 15.5. The normalized spacial score (nSPS) is 11.5. The molecule has 0 saturated heterocycles. The average Bonchev–Trinajstić information content (AvgIpc) is 2.47. The van der Waals surface area contributed by atoms with Crippen molar-refractivity contribution in [2.75, 3.05) is 7.11 Å². The Morgan fingerprint density at radius 1 is 1.42 bits per heavy atom. The number of carbonyl (C=O) groups is 1. The van der Waals surface area contributed by atoms with Crippen LogP contribution in [-0.2, 0) is 4.74 Å². The van der Waals surface area contributed by atoms with E-state index in [0.29, 0.717) is 5.56 Å². The Bertz CT molecular complexity index is 540. The molecule has 0 radical (unpaired) electrons. The summed E-state index contributed by atoms with van der Waals surface area (Å²) < 4.78 is 4.89. The van der Waals surface area contributed by atoms with E-state index in [1.165, 1.54) is 31.7 Å². The fraction of sp³-hybridized carbons (Fsp3) is 0.0714. The summed E-state index contributed by atoms with van der Waals surface area (Å²) >= 11 is 0. The summed E-state index contributed by atoms with van der Waals surface area (Å²) in [5, 5.41) is 10.9. The fourth-order valence-electron chi connectivity index (χ4n) is 1.17. The lowest BCUT2D eigenvalue weighted by Crippen LogP contribution is -2.16. The van der Waals surface area contributed by atoms with Crippen molar-refractivity contribution in [1.29, 1.82) is 5.26 Å². The zero-order valence-corrected chi connectivity index (χ0v) is 10.4. The van der Waals surface area contributed by atoms with E-state index in [1.54, 1.807) is 24.3 Å². The van der Waals surface area contributed by atoms with E-state index in [-0.39, 0.29) is 11.8 Å². The fourth-order valence-corrected chi connectivity index (χ4v) is 1.17. The first-order valence-corrected chi connectivity index (χ1v) is 5.47. The molecule has 0 spiro atoms. The van der Waals surface area contributed by atoms with Gasteiger partial charge in [-0.05, 0) is 12.1 Å². The molecule has 1 aromatic rings. The van der Waals surface area contributed by atoms with E-state index in [1.807, 2.05) is 12.1 Å². The average molecular weight is 255 g/mol.